The first kappa shape index (κ1) is 17.5. The summed E-state index contributed by atoms with van der Waals surface area (Å²) >= 11 is 0. The fourth-order valence-electron chi connectivity index (χ4n) is 3.04. The molecule has 0 spiro atoms. The molecule has 1 heterocycles. The van der Waals surface area contributed by atoms with Gasteiger partial charge in [-0.15, -0.1) is 0 Å². The Morgan fingerprint density at radius 1 is 0.962 bits per heavy atom. The maximum absolute atomic E-state index is 12.7. The van der Waals surface area contributed by atoms with Crippen LogP contribution in [0.5, 0.6) is 5.75 Å². The number of primary amides is 1. The number of hydrogen-bond acceptors (Lipinski definition) is 3. The van der Waals surface area contributed by atoms with Crippen molar-refractivity contribution < 1.29 is 14.3 Å². The lowest BCUT2D eigenvalue weighted by Gasteiger charge is -2.10. The predicted molar refractivity (Wildman–Crippen MR) is 100 cm³/mol. The molecule has 3 aromatic rings. The largest absolute Gasteiger partial charge is 0.485 e. The molecule has 0 aliphatic carbocycles. The molecule has 2 N–H and O–H groups in total. The second kappa shape index (κ2) is 7.27. The molecule has 5 nitrogen and oxygen atoms in total. The van der Waals surface area contributed by atoms with E-state index in [-0.39, 0.29) is 18.0 Å². The van der Waals surface area contributed by atoms with Gasteiger partial charge in [0, 0.05) is 22.6 Å². The van der Waals surface area contributed by atoms with Gasteiger partial charge in [0.25, 0.3) is 5.91 Å². The monoisotopic (exact) mass is 348 g/mol. The van der Waals surface area contributed by atoms with E-state index in [1.54, 1.807) is 24.3 Å². The molecule has 1 amide bonds. The van der Waals surface area contributed by atoms with Crippen LogP contribution in [0.1, 0.15) is 32.1 Å². The molecule has 0 unspecified atom stereocenters. The van der Waals surface area contributed by atoms with E-state index in [1.165, 1.54) is 0 Å². The highest BCUT2D eigenvalue weighted by Crippen LogP contribution is 2.22. The molecule has 26 heavy (non-hydrogen) atoms. The number of rotatable bonds is 6. The van der Waals surface area contributed by atoms with Gasteiger partial charge in [-0.05, 0) is 44.2 Å². The highest BCUT2D eigenvalue weighted by atomic mass is 16.5. The van der Waals surface area contributed by atoms with Gasteiger partial charge in [0.2, 0.25) is 5.78 Å². The van der Waals surface area contributed by atoms with Crippen LogP contribution in [0.25, 0.3) is 5.69 Å². The molecule has 0 fully saturated rings. The fraction of sp³-hybridized carbons (Fsp3) is 0.143. The number of aromatic nitrogens is 1. The second-order valence-corrected chi connectivity index (χ2v) is 6.03. The van der Waals surface area contributed by atoms with Crippen molar-refractivity contribution >= 4 is 11.7 Å². The number of aryl methyl sites for hydroxylation is 1. The minimum absolute atomic E-state index is 0.153. The Labute approximate surface area is 152 Å². The van der Waals surface area contributed by atoms with Gasteiger partial charge in [-0.2, -0.15) is 0 Å². The fourth-order valence-corrected chi connectivity index (χ4v) is 3.04. The Kier molecular flexibility index (Phi) is 4.89. The number of nitrogens with zero attached hydrogens (tertiary/aromatic N) is 1. The Morgan fingerprint density at radius 2 is 1.62 bits per heavy atom. The van der Waals surface area contributed by atoms with E-state index in [4.69, 9.17) is 10.5 Å². The van der Waals surface area contributed by atoms with Crippen LogP contribution >= 0.6 is 0 Å². The summed E-state index contributed by atoms with van der Waals surface area (Å²) in [6.45, 7) is 3.70. The van der Waals surface area contributed by atoms with Crippen molar-refractivity contribution in [3.05, 3.63) is 83.2 Å². The van der Waals surface area contributed by atoms with Crippen molar-refractivity contribution in [1.82, 2.24) is 4.57 Å². The summed E-state index contributed by atoms with van der Waals surface area (Å²) in [7, 11) is 0. The average Bonchev–Trinajstić information content (AvgIpc) is 2.95. The van der Waals surface area contributed by atoms with Gasteiger partial charge < -0.3 is 15.0 Å². The highest BCUT2D eigenvalue weighted by molar-refractivity contribution is 5.99. The van der Waals surface area contributed by atoms with Crippen LogP contribution in [-0.4, -0.2) is 22.9 Å². The van der Waals surface area contributed by atoms with Gasteiger partial charge in [0.1, 0.15) is 5.75 Å². The molecular weight excluding hydrogens is 328 g/mol. The zero-order chi connectivity index (χ0) is 18.7. The molecular formula is C21H20N2O3. The lowest BCUT2D eigenvalue weighted by Crippen LogP contribution is -2.17. The summed E-state index contributed by atoms with van der Waals surface area (Å²) in [5.41, 5.74) is 9.02. The SMILES string of the molecule is Cc1cc(C(=O)COc2ccccc2C(N)=O)c(C)n1-c1ccccc1. The minimum atomic E-state index is -0.588. The molecule has 0 saturated heterocycles. The summed E-state index contributed by atoms with van der Waals surface area (Å²) in [5.74, 6) is -0.430. The maximum Gasteiger partial charge on any atom is 0.252 e. The number of Topliss-reactive ketones (excluding diaryl/α,β-unsaturated/α-hetero) is 1. The zero-order valence-corrected chi connectivity index (χ0v) is 14.7. The topological polar surface area (TPSA) is 74.3 Å². The van der Waals surface area contributed by atoms with Gasteiger partial charge in [0.05, 0.1) is 5.56 Å². The summed E-state index contributed by atoms with van der Waals surface area (Å²) in [6.07, 6.45) is 0. The van der Waals surface area contributed by atoms with E-state index < -0.39 is 5.91 Å². The molecule has 1 aromatic heterocycles. The van der Waals surface area contributed by atoms with Crippen molar-refractivity contribution in [2.45, 2.75) is 13.8 Å². The lowest BCUT2D eigenvalue weighted by molar-refractivity contribution is 0.0911. The van der Waals surface area contributed by atoms with Crippen LogP contribution < -0.4 is 10.5 Å². The molecule has 0 aliphatic heterocycles. The van der Waals surface area contributed by atoms with Crippen LogP contribution in [0.15, 0.2) is 60.7 Å². The summed E-state index contributed by atoms with van der Waals surface area (Å²) in [4.78, 5) is 24.1. The number of nitrogens with two attached hydrogens (primary N) is 1. The molecule has 0 saturated carbocycles. The minimum Gasteiger partial charge on any atom is -0.485 e. The number of benzene rings is 2. The third kappa shape index (κ3) is 3.37. The maximum atomic E-state index is 12.7. The Morgan fingerprint density at radius 3 is 2.31 bits per heavy atom. The van der Waals surface area contributed by atoms with E-state index in [2.05, 4.69) is 0 Å². The summed E-state index contributed by atoms with van der Waals surface area (Å²) < 4.78 is 7.60. The average molecular weight is 348 g/mol. The van der Waals surface area contributed by atoms with Gasteiger partial charge in [0.15, 0.2) is 6.61 Å². The van der Waals surface area contributed by atoms with Crippen LogP contribution in [-0.2, 0) is 0 Å². The van der Waals surface area contributed by atoms with Crippen molar-refractivity contribution in [3.8, 4) is 11.4 Å². The van der Waals surface area contributed by atoms with Crippen LogP contribution in [0.3, 0.4) is 0 Å². The lowest BCUT2D eigenvalue weighted by atomic mass is 10.1. The first-order valence-electron chi connectivity index (χ1n) is 8.28. The predicted octanol–water partition coefficient (Wildman–Crippen LogP) is 3.45. The number of ketones is 1. The zero-order valence-electron chi connectivity index (χ0n) is 14.7. The molecule has 0 atom stereocenters. The van der Waals surface area contributed by atoms with E-state index in [1.807, 2.05) is 54.8 Å². The molecule has 2 aromatic carbocycles. The molecule has 0 radical (unpaired) electrons. The quantitative estimate of drug-likeness (QED) is 0.693. The van der Waals surface area contributed by atoms with E-state index in [0.29, 0.717) is 11.3 Å². The second-order valence-electron chi connectivity index (χ2n) is 6.03. The standard InChI is InChI=1S/C21H20N2O3/c1-14-12-18(15(2)23(14)16-8-4-3-5-9-16)19(24)13-26-20-11-7-6-10-17(20)21(22)25/h3-12H,13H2,1-2H3,(H2,22,25). The van der Waals surface area contributed by atoms with Crippen molar-refractivity contribution in [2.75, 3.05) is 6.61 Å². The third-order valence-corrected chi connectivity index (χ3v) is 4.26. The van der Waals surface area contributed by atoms with Crippen LogP contribution in [0.4, 0.5) is 0 Å². The molecule has 3 rings (SSSR count). The number of para-hydroxylation sites is 2. The number of carbonyl (C=O) groups is 2. The van der Waals surface area contributed by atoms with E-state index >= 15 is 0 Å². The summed E-state index contributed by atoms with van der Waals surface area (Å²) in [6, 6.07) is 18.3. The van der Waals surface area contributed by atoms with Gasteiger partial charge >= 0.3 is 0 Å². The number of hydrogen-bond donors (Lipinski definition) is 1. The van der Waals surface area contributed by atoms with Crippen molar-refractivity contribution in [3.63, 3.8) is 0 Å². The van der Waals surface area contributed by atoms with Crippen LogP contribution in [0.2, 0.25) is 0 Å². The Hall–Kier alpha value is -3.34. The first-order chi connectivity index (χ1) is 12.5. The number of ether oxygens (including phenoxy) is 1. The molecule has 132 valence electrons. The summed E-state index contributed by atoms with van der Waals surface area (Å²) in [5, 5.41) is 0. The van der Waals surface area contributed by atoms with E-state index in [9.17, 15) is 9.59 Å². The number of amides is 1. The molecule has 0 aliphatic rings. The van der Waals surface area contributed by atoms with Gasteiger partial charge in [-0.25, -0.2) is 0 Å². The van der Waals surface area contributed by atoms with Gasteiger partial charge in [-0.3, -0.25) is 9.59 Å². The van der Waals surface area contributed by atoms with Crippen molar-refractivity contribution in [2.24, 2.45) is 5.73 Å². The molecule has 5 heteroatoms. The number of carbonyl (C=O) groups excluding carboxylic acids is 2. The van der Waals surface area contributed by atoms with Crippen LogP contribution in [0, 0.1) is 13.8 Å². The Bertz CT molecular complexity index is 959. The van der Waals surface area contributed by atoms with Gasteiger partial charge in [-0.1, -0.05) is 30.3 Å². The normalized spacial score (nSPS) is 10.5. The third-order valence-electron chi connectivity index (χ3n) is 4.26. The smallest absolute Gasteiger partial charge is 0.252 e. The van der Waals surface area contributed by atoms with Crippen molar-refractivity contribution in [1.29, 1.82) is 0 Å². The first-order valence-corrected chi connectivity index (χ1v) is 8.28. The van der Waals surface area contributed by atoms with E-state index in [0.717, 1.165) is 17.1 Å². The molecule has 0 bridgehead atoms. The Balaban J connectivity index is 1.83. The highest BCUT2D eigenvalue weighted by Gasteiger charge is 2.18.